The van der Waals surface area contributed by atoms with Crippen molar-refractivity contribution < 1.29 is 9.18 Å². The molecule has 1 N–H and O–H groups in total. The van der Waals surface area contributed by atoms with E-state index in [1.165, 1.54) is 28.5 Å². The summed E-state index contributed by atoms with van der Waals surface area (Å²) in [5.41, 5.74) is 1.72. The number of benzene rings is 3. The normalized spacial score (nSPS) is 11.2. The van der Waals surface area contributed by atoms with Gasteiger partial charge in [0.2, 0.25) is 0 Å². The van der Waals surface area contributed by atoms with Crippen molar-refractivity contribution in [2.75, 3.05) is 0 Å². The maximum atomic E-state index is 14.0. The van der Waals surface area contributed by atoms with Crippen molar-refractivity contribution in [3.63, 3.8) is 0 Å². The fourth-order valence-corrected chi connectivity index (χ4v) is 4.65. The lowest BCUT2D eigenvalue weighted by Gasteiger charge is -2.14. The van der Waals surface area contributed by atoms with E-state index in [1.54, 1.807) is 36.4 Å². The highest BCUT2D eigenvalue weighted by molar-refractivity contribution is 7.98. The number of hydrogen-bond acceptors (Lipinski definition) is 4. The van der Waals surface area contributed by atoms with Gasteiger partial charge in [-0.3, -0.25) is 14.2 Å². The molecule has 8 heteroatoms. The highest BCUT2D eigenvalue weighted by Gasteiger charge is 2.17. The first-order chi connectivity index (χ1) is 15.8. The molecule has 0 saturated carbocycles. The molecule has 0 aliphatic rings. The standard InChI is InChI=1S/C25H21ClFN3O2S/c1-15(2)28-23(31)16-10-11-20-22(12-16)29-25(33-14-17-6-3-4-9-21(17)26)30(24(20)32)19-8-5-7-18(27)13-19/h3-13,15H,14H2,1-2H3,(H,28,31). The van der Waals surface area contributed by atoms with Crippen molar-refractivity contribution in [3.05, 3.63) is 99.1 Å². The summed E-state index contributed by atoms with van der Waals surface area (Å²) in [7, 11) is 0. The minimum absolute atomic E-state index is 0.0242. The van der Waals surface area contributed by atoms with E-state index in [-0.39, 0.29) is 17.5 Å². The van der Waals surface area contributed by atoms with Crippen LogP contribution in [0.1, 0.15) is 29.8 Å². The Morgan fingerprint density at radius 1 is 1.12 bits per heavy atom. The van der Waals surface area contributed by atoms with Gasteiger partial charge in [0.25, 0.3) is 11.5 Å². The van der Waals surface area contributed by atoms with Gasteiger partial charge in [0.05, 0.1) is 16.6 Å². The van der Waals surface area contributed by atoms with Crippen LogP contribution >= 0.6 is 23.4 Å². The van der Waals surface area contributed by atoms with Gasteiger partial charge < -0.3 is 5.32 Å². The second-order valence-electron chi connectivity index (χ2n) is 7.75. The number of thioether (sulfide) groups is 1. The van der Waals surface area contributed by atoms with Crippen LogP contribution in [0.2, 0.25) is 5.02 Å². The average Bonchev–Trinajstić information content (AvgIpc) is 2.78. The van der Waals surface area contributed by atoms with E-state index in [0.29, 0.717) is 38.1 Å². The summed E-state index contributed by atoms with van der Waals surface area (Å²) in [6.07, 6.45) is 0. The highest BCUT2D eigenvalue weighted by atomic mass is 35.5. The third kappa shape index (κ3) is 5.10. The molecule has 4 rings (SSSR count). The molecule has 1 amide bonds. The molecule has 0 radical (unpaired) electrons. The van der Waals surface area contributed by atoms with Crippen molar-refractivity contribution >= 4 is 40.2 Å². The van der Waals surface area contributed by atoms with Gasteiger partial charge in [-0.15, -0.1) is 0 Å². The topological polar surface area (TPSA) is 64.0 Å². The maximum Gasteiger partial charge on any atom is 0.266 e. The Bertz CT molecular complexity index is 1400. The number of nitrogens with zero attached hydrogens (tertiary/aromatic N) is 2. The summed E-state index contributed by atoms with van der Waals surface area (Å²) < 4.78 is 15.4. The third-order valence-electron chi connectivity index (χ3n) is 4.90. The zero-order valence-corrected chi connectivity index (χ0v) is 19.6. The first kappa shape index (κ1) is 23.0. The van der Waals surface area contributed by atoms with E-state index in [0.717, 1.165) is 5.56 Å². The predicted octanol–water partition coefficient (Wildman–Crippen LogP) is 5.61. The van der Waals surface area contributed by atoms with Crippen molar-refractivity contribution in [2.45, 2.75) is 30.8 Å². The predicted molar refractivity (Wildman–Crippen MR) is 131 cm³/mol. The first-order valence-electron chi connectivity index (χ1n) is 10.3. The lowest BCUT2D eigenvalue weighted by atomic mass is 10.1. The molecule has 0 atom stereocenters. The van der Waals surface area contributed by atoms with E-state index in [2.05, 4.69) is 10.3 Å². The summed E-state index contributed by atoms with van der Waals surface area (Å²) in [5, 5.41) is 4.16. The van der Waals surface area contributed by atoms with Crippen LogP contribution in [0.4, 0.5) is 4.39 Å². The largest absolute Gasteiger partial charge is 0.350 e. The zero-order chi connectivity index (χ0) is 23.5. The molecule has 33 heavy (non-hydrogen) atoms. The van der Waals surface area contributed by atoms with Crippen LogP contribution in [0.15, 0.2) is 76.7 Å². The van der Waals surface area contributed by atoms with Crippen molar-refractivity contribution in [2.24, 2.45) is 0 Å². The van der Waals surface area contributed by atoms with E-state index in [9.17, 15) is 14.0 Å². The molecule has 0 aliphatic heterocycles. The SMILES string of the molecule is CC(C)NC(=O)c1ccc2c(=O)n(-c3cccc(F)c3)c(SCc3ccccc3Cl)nc2c1. The Morgan fingerprint density at radius 3 is 2.64 bits per heavy atom. The Kier molecular flexibility index (Phi) is 6.81. The van der Waals surface area contributed by atoms with Crippen LogP contribution in [0.3, 0.4) is 0 Å². The molecule has 0 unspecified atom stereocenters. The molecule has 0 bridgehead atoms. The van der Waals surface area contributed by atoms with Crippen LogP contribution in [0.5, 0.6) is 0 Å². The number of halogens is 2. The molecule has 1 aromatic heterocycles. The third-order valence-corrected chi connectivity index (χ3v) is 6.26. The van der Waals surface area contributed by atoms with Crippen LogP contribution in [0.25, 0.3) is 16.6 Å². The molecule has 0 fully saturated rings. The minimum Gasteiger partial charge on any atom is -0.350 e. The molecule has 0 spiro atoms. The second kappa shape index (κ2) is 9.77. The summed E-state index contributed by atoms with van der Waals surface area (Å²) >= 11 is 7.61. The smallest absolute Gasteiger partial charge is 0.266 e. The summed E-state index contributed by atoms with van der Waals surface area (Å²) in [6, 6.07) is 18.0. The maximum absolute atomic E-state index is 14.0. The van der Waals surface area contributed by atoms with Crippen LogP contribution in [-0.2, 0) is 5.75 Å². The van der Waals surface area contributed by atoms with Gasteiger partial charge in [-0.2, -0.15) is 0 Å². The van der Waals surface area contributed by atoms with E-state index < -0.39 is 5.82 Å². The minimum atomic E-state index is -0.456. The number of carbonyl (C=O) groups is 1. The van der Waals surface area contributed by atoms with Crippen molar-refractivity contribution in [1.82, 2.24) is 14.9 Å². The van der Waals surface area contributed by atoms with Gasteiger partial charge in [-0.1, -0.05) is 47.6 Å². The number of rotatable bonds is 6. The fourth-order valence-electron chi connectivity index (χ4n) is 3.35. The zero-order valence-electron chi connectivity index (χ0n) is 18.0. The lowest BCUT2D eigenvalue weighted by Crippen LogP contribution is -2.30. The van der Waals surface area contributed by atoms with Gasteiger partial charge >= 0.3 is 0 Å². The number of fused-ring (bicyclic) bond motifs is 1. The molecule has 1 heterocycles. The van der Waals surface area contributed by atoms with Crippen LogP contribution in [-0.4, -0.2) is 21.5 Å². The first-order valence-corrected chi connectivity index (χ1v) is 11.7. The van der Waals surface area contributed by atoms with Gasteiger partial charge in [0, 0.05) is 22.4 Å². The molecule has 4 aromatic rings. The number of amides is 1. The molecule has 168 valence electrons. The summed E-state index contributed by atoms with van der Waals surface area (Å²) in [6.45, 7) is 3.75. The number of aromatic nitrogens is 2. The Morgan fingerprint density at radius 2 is 1.91 bits per heavy atom. The number of nitrogens with one attached hydrogen (secondary N) is 1. The Balaban J connectivity index is 1.85. The number of carbonyl (C=O) groups excluding carboxylic acids is 1. The van der Waals surface area contributed by atoms with E-state index in [1.807, 2.05) is 32.0 Å². The van der Waals surface area contributed by atoms with E-state index in [4.69, 9.17) is 11.6 Å². The fraction of sp³-hybridized carbons (Fsp3) is 0.160. The quantitative estimate of drug-likeness (QED) is 0.287. The second-order valence-corrected chi connectivity index (χ2v) is 9.10. The van der Waals surface area contributed by atoms with Crippen LogP contribution in [0, 0.1) is 5.82 Å². The Labute approximate surface area is 199 Å². The van der Waals surface area contributed by atoms with E-state index >= 15 is 0 Å². The monoisotopic (exact) mass is 481 g/mol. The van der Waals surface area contributed by atoms with Gasteiger partial charge in [0.15, 0.2) is 5.16 Å². The number of hydrogen-bond donors (Lipinski definition) is 1. The van der Waals surface area contributed by atoms with Crippen molar-refractivity contribution in [3.8, 4) is 5.69 Å². The lowest BCUT2D eigenvalue weighted by molar-refractivity contribution is 0.0943. The molecule has 0 saturated heterocycles. The molecular weight excluding hydrogens is 461 g/mol. The van der Waals surface area contributed by atoms with Gasteiger partial charge in [-0.25, -0.2) is 9.37 Å². The Hall–Kier alpha value is -3.16. The summed E-state index contributed by atoms with van der Waals surface area (Å²) in [4.78, 5) is 30.6. The average molecular weight is 482 g/mol. The molecule has 0 aliphatic carbocycles. The molecular formula is C25H21ClFN3O2S. The van der Waals surface area contributed by atoms with Gasteiger partial charge in [-0.05, 0) is 61.9 Å². The van der Waals surface area contributed by atoms with Crippen LogP contribution < -0.4 is 10.9 Å². The highest BCUT2D eigenvalue weighted by Crippen LogP contribution is 2.28. The van der Waals surface area contributed by atoms with Gasteiger partial charge in [0.1, 0.15) is 5.82 Å². The summed E-state index contributed by atoms with van der Waals surface area (Å²) in [5.74, 6) is -0.240. The molecule has 5 nitrogen and oxygen atoms in total. The molecule has 3 aromatic carbocycles. The van der Waals surface area contributed by atoms with Crippen molar-refractivity contribution in [1.29, 1.82) is 0 Å².